The van der Waals surface area contributed by atoms with Crippen molar-refractivity contribution in [2.75, 3.05) is 5.32 Å². The Morgan fingerprint density at radius 1 is 1.42 bits per heavy atom. The lowest BCUT2D eigenvalue weighted by Crippen LogP contribution is -2.14. The van der Waals surface area contributed by atoms with Gasteiger partial charge in [0.15, 0.2) is 5.82 Å². The Morgan fingerprint density at radius 3 is 2.95 bits per heavy atom. The summed E-state index contributed by atoms with van der Waals surface area (Å²) in [5, 5.41) is 15.1. The molecule has 0 saturated carbocycles. The summed E-state index contributed by atoms with van der Waals surface area (Å²) in [6.07, 6.45) is 3.84. The largest absolute Gasteiger partial charge is 0.480 e. The average molecular weight is 263 g/mol. The lowest BCUT2D eigenvalue weighted by atomic mass is 10.2. The average Bonchev–Trinajstić information content (AvgIpc) is 2.97. The van der Waals surface area contributed by atoms with Crippen molar-refractivity contribution >= 4 is 17.7 Å². The van der Waals surface area contributed by atoms with Gasteiger partial charge < -0.3 is 14.8 Å². The third-order valence-electron chi connectivity index (χ3n) is 2.38. The highest BCUT2D eigenvalue weighted by molar-refractivity contribution is 5.89. The van der Waals surface area contributed by atoms with E-state index in [4.69, 9.17) is 9.52 Å². The molecule has 100 valence electrons. The number of carbonyl (C=O) groups is 2. The first-order valence-corrected chi connectivity index (χ1v) is 5.71. The number of nitrogens with zero attached hydrogens (tertiary/aromatic N) is 2. The highest BCUT2D eigenvalue weighted by Gasteiger charge is 2.07. The molecule has 2 N–H and O–H groups in total. The van der Waals surface area contributed by atoms with Gasteiger partial charge in [-0.25, -0.2) is 0 Å². The number of carbonyl (C=O) groups excluding carboxylic acids is 1. The molecule has 7 nitrogen and oxygen atoms in total. The fraction of sp³-hybridized carbons (Fsp3) is 0.250. The van der Waals surface area contributed by atoms with E-state index in [0.29, 0.717) is 12.2 Å². The van der Waals surface area contributed by atoms with Gasteiger partial charge in [0.25, 0.3) is 0 Å². The first-order valence-electron chi connectivity index (χ1n) is 5.71. The molecule has 19 heavy (non-hydrogen) atoms. The molecular formula is C12H13N3O4. The molecule has 0 aliphatic carbocycles. The predicted octanol–water partition coefficient (Wildman–Crippen LogP) is 1.13. The smallest absolute Gasteiger partial charge is 0.325 e. The van der Waals surface area contributed by atoms with Crippen LogP contribution < -0.4 is 5.32 Å². The second-order valence-electron chi connectivity index (χ2n) is 3.92. The summed E-state index contributed by atoms with van der Waals surface area (Å²) in [5.74, 6) is -0.104. The minimum atomic E-state index is -0.987. The van der Waals surface area contributed by atoms with Crippen molar-refractivity contribution in [1.29, 1.82) is 0 Å². The van der Waals surface area contributed by atoms with Crippen molar-refractivity contribution in [2.24, 2.45) is 0 Å². The van der Waals surface area contributed by atoms with Crippen LogP contribution in [0.5, 0.6) is 0 Å². The summed E-state index contributed by atoms with van der Waals surface area (Å²) < 4.78 is 6.36. The van der Waals surface area contributed by atoms with Gasteiger partial charge >= 0.3 is 5.97 Å². The molecule has 0 aliphatic heterocycles. The molecule has 2 rings (SSSR count). The fourth-order valence-corrected chi connectivity index (χ4v) is 1.55. The molecule has 0 atom stereocenters. The first kappa shape index (κ1) is 12.9. The Hall–Kier alpha value is -2.57. The molecule has 7 heteroatoms. The molecule has 0 radical (unpaired) electrons. The Labute approximate surface area is 108 Å². The van der Waals surface area contributed by atoms with Crippen LogP contribution in [0.3, 0.4) is 0 Å². The number of hydrogen-bond donors (Lipinski definition) is 2. The topological polar surface area (TPSA) is 97.4 Å². The zero-order valence-corrected chi connectivity index (χ0v) is 10.1. The molecular weight excluding hydrogens is 250 g/mol. The quantitative estimate of drug-likeness (QED) is 0.814. The zero-order valence-electron chi connectivity index (χ0n) is 10.1. The maximum Gasteiger partial charge on any atom is 0.325 e. The van der Waals surface area contributed by atoms with E-state index in [1.54, 1.807) is 24.5 Å². The Kier molecular flexibility index (Phi) is 3.97. The Balaban J connectivity index is 1.81. The minimum Gasteiger partial charge on any atom is -0.480 e. The summed E-state index contributed by atoms with van der Waals surface area (Å²) in [6.45, 7) is -0.234. The van der Waals surface area contributed by atoms with Crippen molar-refractivity contribution in [3.05, 3.63) is 36.4 Å². The number of rotatable bonds is 6. The Bertz CT molecular complexity index is 559. The zero-order chi connectivity index (χ0) is 13.7. The van der Waals surface area contributed by atoms with E-state index in [9.17, 15) is 9.59 Å². The van der Waals surface area contributed by atoms with E-state index < -0.39 is 5.97 Å². The van der Waals surface area contributed by atoms with E-state index in [2.05, 4.69) is 10.4 Å². The van der Waals surface area contributed by atoms with Gasteiger partial charge in [-0.05, 0) is 12.1 Å². The lowest BCUT2D eigenvalue weighted by Gasteiger charge is -2.00. The van der Waals surface area contributed by atoms with E-state index >= 15 is 0 Å². The van der Waals surface area contributed by atoms with Crippen LogP contribution in [0.1, 0.15) is 12.2 Å². The predicted molar refractivity (Wildman–Crippen MR) is 65.5 cm³/mol. The lowest BCUT2D eigenvalue weighted by molar-refractivity contribution is -0.137. The van der Waals surface area contributed by atoms with Crippen LogP contribution in [0.4, 0.5) is 5.82 Å². The van der Waals surface area contributed by atoms with Gasteiger partial charge in [-0.15, -0.1) is 0 Å². The normalized spacial score (nSPS) is 10.3. The van der Waals surface area contributed by atoms with Crippen molar-refractivity contribution in [3.8, 4) is 0 Å². The molecule has 2 aromatic rings. The van der Waals surface area contributed by atoms with Gasteiger partial charge in [0.2, 0.25) is 5.91 Å². The molecule has 0 aromatic carbocycles. The molecule has 0 spiro atoms. The highest BCUT2D eigenvalue weighted by Crippen LogP contribution is 2.06. The second kappa shape index (κ2) is 5.85. The highest BCUT2D eigenvalue weighted by atomic mass is 16.4. The number of amides is 1. The SMILES string of the molecule is O=C(O)Cn1ccc(NC(=O)CCc2ccco2)n1. The maximum absolute atomic E-state index is 11.6. The third-order valence-corrected chi connectivity index (χ3v) is 2.38. The number of furan rings is 1. The molecule has 0 fully saturated rings. The van der Waals surface area contributed by atoms with Crippen molar-refractivity contribution in [1.82, 2.24) is 9.78 Å². The van der Waals surface area contributed by atoms with Gasteiger partial charge in [-0.1, -0.05) is 0 Å². The van der Waals surface area contributed by atoms with Crippen LogP contribution in [0.25, 0.3) is 0 Å². The summed E-state index contributed by atoms with van der Waals surface area (Å²) in [7, 11) is 0. The van der Waals surface area contributed by atoms with Gasteiger partial charge in [0.05, 0.1) is 6.26 Å². The van der Waals surface area contributed by atoms with Crippen LogP contribution >= 0.6 is 0 Å². The number of aryl methyl sites for hydroxylation is 1. The molecule has 2 heterocycles. The third kappa shape index (κ3) is 3.98. The van der Waals surface area contributed by atoms with Crippen molar-refractivity contribution in [2.45, 2.75) is 19.4 Å². The number of aliphatic carboxylic acids is 1. The van der Waals surface area contributed by atoms with Crippen LogP contribution in [-0.4, -0.2) is 26.8 Å². The summed E-state index contributed by atoms with van der Waals surface area (Å²) in [6, 6.07) is 5.11. The van der Waals surface area contributed by atoms with Gasteiger partial charge in [0.1, 0.15) is 12.3 Å². The number of aromatic nitrogens is 2. The van der Waals surface area contributed by atoms with Gasteiger partial charge in [-0.3, -0.25) is 14.3 Å². The standard InChI is InChI=1S/C12H13N3O4/c16-11(4-3-9-2-1-7-19-9)13-10-5-6-15(14-10)8-12(17)18/h1-2,5-7H,3-4,8H2,(H,17,18)(H,13,14,16). The molecule has 1 amide bonds. The van der Waals surface area contributed by atoms with Crippen LogP contribution in [0.2, 0.25) is 0 Å². The number of carboxylic acids is 1. The number of nitrogens with one attached hydrogen (secondary N) is 1. The van der Waals surface area contributed by atoms with Crippen LogP contribution in [0.15, 0.2) is 35.1 Å². The van der Waals surface area contributed by atoms with Crippen molar-refractivity contribution < 1.29 is 19.1 Å². The molecule has 0 bridgehead atoms. The van der Waals surface area contributed by atoms with Crippen LogP contribution in [0, 0.1) is 0 Å². The van der Waals surface area contributed by atoms with E-state index in [-0.39, 0.29) is 18.9 Å². The van der Waals surface area contributed by atoms with E-state index in [0.717, 1.165) is 5.76 Å². The van der Waals surface area contributed by atoms with Crippen molar-refractivity contribution in [3.63, 3.8) is 0 Å². The molecule has 0 unspecified atom stereocenters. The van der Waals surface area contributed by atoms with E-state index in [1.165, 1.54) is 10.9 Å². The monoisotopic (exact) mass is 263 g/mol. The molecule has 0 aliphatic rings. The fourth-order valence-electron chi connectivity index (χ4n) is 1.55. The second-order valence-corrected chi connectivity index (χ2v) is 3.92. The van der Waals surface area contributed by atoms with Gasteiger partial charge in [-0.2, -0.15) is 5.10 Å². The summed E-state index contributed by atoms with van der Waals surface area (Å²) >= 11 is 0. The minimum absolute atomic E-state index is 0.197. The maximum atomic E-state index is 11.6. The summed E-state index contributed by atoms with van der Waals surface area (Å²) in [4.78, 5) is 22.1. The van der Waals surface area contributed by atoms with Crippen LogP contribution in [-0.2, 0) is 22.6 Å². The number of anilines is 1. The number of carboxylic acid groups (broad SMARTS) is 1. The summed E-state index contributed by atoms with van der Waals surface area (Å²) in [5.41, 5.74) is 0. The molecule has 2 aromatic heterocycles. The Morgan fingerprint density at radius 2 is 2.26 bits per heavy atom. The first-order chi connectivity index (χ1) is 9.13. The molecule has 0 saturated heterocycles. The van der Waals surface area contributed by atoms with Gasteiger partial charge in [0, 0.05) is 25.1 Å². The number of hydrogen-bond acceptors (Lipinski definition) is 4. The van der Waals surface area contributed by atoms with E-state index in [1.807, 2.05) is 0 Å².